The van der Waals surface area contributed by atoms with E-state index in [2.05, 4.69) is 5.43 Å². The van der Waals surface area contributed by atoms with Gasteiger partial charge >= 0.3 is 5.97 Å². The van der Waals surface area contributed by atoms with Crippen LogP contribution in [0.3, 0.4) is 0 Å². The minimum Gasteiger partial charge on any atom is -0.502 e. The van der Waals surface area contributed by atoms with Crippen LogP contribution >= 0.6 is 11.8 Å². The third-order valence-corrected chi connectivity index (χ3v) is 8.17. The van der Waals surface area contributed by atoms with Crippen molar-refractivity contribution in [1.82, 2.24) is 9.58 Å². The van der Waals surface area contributed by atoms with Crippen LogP contribution in [0, 0.1) is 11.6 Å². The lowest BCUT2D eigenvalue weighted by Gasteiger charge is -2.45. The molecule has 0 aliphatic carbocycles. The molecule has 2 aromatic carbocycles. The summed E-state index contributed by atoms with van der Waals surface area (Å²) in [7, 11) is 1.17. The van der Waals surface area contributed by atoms with E-state index in [1.807, 2.05) is 24.3 Å². The van der Waals surface area contributed by atoms with E-state index < -0.39 is 52.6 Å². The first-order valence-corrected chi connectivity index (χ1v) is 12.7. The molecule has 2 atom stereocenters. The quantitative estimate of drug-likeness (QED) is 0.477. The summed E-state index contributed by atoms with van der Waals surface area (Å²) < 4.78 is 41.5. The molecule has 0 radical (unpaired) electrons. The number of benzene rings is 2. The summed E-state index contributed by atoms with van der Waals surface area (Å²) in [5.41, 5.74) is 3.49. The normalized spacial score (nSPS) is 19.9. The number of amides is 1. The number of hydrogen-bond donors (Lipinski definition) is 2. The molecule has 6 rings (SSSR count). The zero-order valence-corrected chi connectivity index (χ0v) is 20.8. The number of aromatic nitrogens is 1. The van der Waals surface area contributed by atoms with Gasteiger partial charge in [-0.25, -0.2) is 18.3 Å². The minimum atomic E-state index is -1.11. The SMILES string of the molecule is COC(=O)C1COC[C@H]2Nn3c(-c4cc(F)c(F)c5c4Cc4ccccc4SC5)cc(=O)c(O)c3C(=O)N12. The number of pyridine rings is 1. The summed E-state index contributed by atoms with van der Waals surface area (Å²) in [5.74, 6) is -4.28. The second kappa shape index (κ2) is 9.14. The Kier molecular flexibility index (Phi) is 5.88. The number of esters is 1. The van der Waals surface area contributed by atoms with Gasteiger partial charge in [0.05, 0.1) is 26.0 Å². The van der Waals surface area contributed by atoms with Crippen molar-refractivity contribution in [3.63, 3.8) is 0 Å². The van der Waals surface area contributed by atoms with Crippen LogP contribution in [0.1, 0.15) is 27.2 Å². The summed E-state index contributed by atoms with van der Waals surface area (Å²) in [4.78, 5) is 41.0. The van der Waals surface area contributed by atoms with Gasteiger partial charge < -0.3 is 20.0 Å². The molecule has 38 heavy (non-hydrogen) atoms. The number of carbonyl (C=O) groups excluding carboxylic acids is 2. The van der Waals surface area contributed by atoms with Gasteiger partial charge in [-0.3, -0.25) is 14.5 Å². The molecular formula is C26H21F2N3O6S. The zero-order valence-electron chi connectivity index (χ0n) is 20.0. The number of halogens is 2. The van der Waals surface area contributed by atoms with Crippen LogP contribution in [-0.2, 0) is 26.4 Å². The molecule has 4 heterocycles. The fraction of sp³-hybridized carbons (Fsp3) is 0.269. The summed E-state index contributed by atoms with van der Waals surface area (Å²) in [6.07, 6.45) is -0.611. The van der Waals surface area contributed by atoms with Gasteiger partial charge in [-0.2, -0.15) is 0 Å². The fourth-order valence-corrected chi connectivity index (χ4v) is 6.30. The van der Waals surface area contributed by atoms with Gasteiger partial charge in [0.15, 0.2) is 29.1 Å². The van der Waals surface area contributed by atoms with Crippen LogP contribution in [-0.4, -0.2) is 59.1 Å². The Balaban J connectivity index is 1.57. The Labute approximate surface area is 218 Å². The van der Waals surface area contributed by atoms with Crippen LogP contribution in [0.15, 0.2) is 46.1 Å². The van der Waals surface area contributed by atoms with Gasteiger partial charge in [-0.05, 0) is 29.7 Å². The molecule has 0 spiro atoms. The molecule has 0 saturated carbocycles. The highest BCUT2D eigenvalue weighted by atomic mass is 32.2. The lowest BCUT2D eigenvalue weighted by molar-refractivity contribution is -0.154. The van der Waals surface area contributed by atoms with Gasteiger partial charge in [-0.15, -0.1) is 11.8 Å². The molecule has 3 aliphatic rings. The topological polar surface area (TPSA) is 110 Å². The third-order valence-electron chi connectivity index (χ3n) is 7.02. The number of methoxy groups -OCH3 is 1. The number of nitrogens with zero attached hydrogens (tertiary/aromatic N) is 2. The molecular weight excluding hydrogens is 520 g/mol. The highest BCUT2D eigenvalue weighted by Gasteiger charge is 2.46. The predicted octanol–water partition coefficient (Wildman–Crippen LogP) is 2.59. The first kappa shape index (κ1) is 24.4. The standard InChI is InChI=1S/C26H21F2N3O6S/c1-36-26(35)18-9-37-10-21-29-31-17(8-19(32)24(33)23(31)25(34)30(18)21)14-7-16(27)22(28)15-11-38-20-5-3-2-4-12(20)6-13(14)15/h2-5,7-8,18,21,29,33H,6,9-11H2,1H3/t18?,21-/m0/s1. The lowest BCUT2D eigenvalue weighted by Crippen LogP contribution is -2.65. The second-order valence-corrected chi connectivity index (χ2v) is 10.1. The molecule has 1 amide bonds. The van der Waals surface area contributed by atoms with Crippen LogP contribution in [0.25, 0.3) is 11.3 Å². The number of hydrogen-bond acceptors (Lipinski definition) is 8. The van der Waals surface area contributed by atoms with E-state index in [-0.39, 0.29) is 42.2 Å². The van der Waals surface area contributed by atoms with Crippen molar-refractivity contribution in [3.8, 4) is 17.0 Å². The lowest BCUT2D eigenvalue weighted by atomic mass is 9.92. The van der Waals surface area contributed by atoms with Crippen molar-refractivity contribution >= 4 is 23.6 Å². The zero-order chi connectivity index (χ0) is 26.7. The van der Waals surface area contributed by atoms with Crippen molar-refractivity contribution < 1.29 is 33.0 Å². The van der Waals surface area contributed by atoms with Gasteiger partial charge in [0.25, 0.3) is 5.91 Å². The summed E-state index contributed by atoms with van der Waals surface area (Å²) in [5, 5.41) is 10.7. The van der Waals surface area contributed by atoms with E-state index in [0.717, 1.165) is 27.5 Å². The van der Waals surface area contributed by atoms with E-state index in [0.29, 0.717) is 5.56 Å². The number of nitrogens with one attached hydrogen (secondary N) is 1. The molecule has 0 bridgehead atoms. The Morgan fingerprint density at radius 1 is 1.18 bits per heavy atom. The van der Waals surface area contributed by atoms with Gasteiger partial charge in [0, 0.05) is 27.8 Å². The van der Waals surface area contributed by atoms with Crippen LogP contribution in [0.4, 0.5) is 8.78 Å². The maximum atomic E-state index is 15.1. The maximum Gasteiger partial charge on any atom is 0.331 e. The highest BCUT2D eigenvalue weighted by molar-refractivity contribution is 7.98. The molecule has 1 aromatic heterocycles. The minimum absolute atomic E-state index is 0.00902. The van der Waals surface area contributed by atoms with E-state index in [9.17, 15) is 23.9 Å². The monoisotopic (exact) mass is 541 g/mol. The van der Waals surface area contributed by atoms with Crippen molar-refractivity contribution in [1.29, 1.82) is 0 Å². The largest absolute Gasteiger partial charge is 0.502 e. The van der Waals surface area contributed by atoms with Crippen molar-refractivity contribution in [3.05, 3.63) is 80.6 Å². The van der Waals surface area contributed by atoms with E-state index in [1.165, 1.54) is 23.5 Å². The van der Waals surface area contributed by atoms with Crippen LogP contribution < -0.4 is 10.9 Å². The van der Waals surface area contributed by atoms with Crippen LogP contribution in [0.2, 0.25) is 0 Å². The van der Waals surface area contributed by atoms with Gasteiger partial charge in [-0.1, -0.05) is 18.2 Å². The fourth-order valence-electron chi connectivity index (χ4n) is 5.20. The average molecular weight is 542 g/mol. The smallest absolute Gasteiger partial charge is 0.331 e. The van der Waals surface area contributed by atoms with Gasteiger partial charge in [0.2, 0.25) is 5.43 Å². The van der Waals surface area contributed by atoms with E-state index in [4.69, 9.17) is 9.47 Å². The van der Waals surface area contributed by atoms with Crippen molar-refractivity contribution in [2.45, 2.75) is 29.3 Å². The number of fused-ring (bicyclic) bond motifs is 4. The first-order valence-electron chi connectivity index (χ1n) is 11.7. The molecule has 3 aromatic rings. The number of ether oxygens (including phenoxy) is 2. The van der Waals surface area contributed by atoms with Gasteiger partial charge in [0.1, 0.15) is 6.17 Å². The number of rotatable bonds is 2. The Morgan fingerprint density at radius 2 is 1.97 bits per heavy atom. The molecule has 2 N–H and O–H groups in total. The molecule has 1 saturated heterocycles. The second-order valence-electron chi connectivity index (χ2n) is 9.11. The molecule has 12 heteroatoms. The van der Waals surface area contributed by atoms with Crippen molar-refractivity contribution in [2.75, 3.05) is 25.7 Å². The summed E-state index contributed by atoms with van der Waals surface area (Å²) in [6.45, 7) is -0.139. The average Bonchev–Trinajstić information content (AvgIpc) is 3.12. The molecule has 1 fully saturated rings. The van der Waals surface area contributed by atoms with Crippen LogP contribution in [0.5, 0.6) is 5.75 Å². The number of aromatic hydroxyl groups is 1. The third kappa shape index (κ3) is 3.66. The highest BCUT2D eigenvalue weighted by Crippen LogP contribution is 2.40. The first-order chi connectivity index (χ1) is 18.3. The Morgan fingerprint density at radius 3 is 2.76 bits per heavy atom. The molecule has 9 nitrogen and oxygen atoms in total. The summed E-state index contributed by atoms with van der Waals surface area (Å²) in [6, 6.07) is 8.48. The predicted molar refractivity (Wildman–Crippen MR) is 132 cm³/mol. The Hall–Kier alpha value is -3.90. The van der Waals surface area contributed by atoms with E-state index in [1.54, 1.807) is 0 Å². The summed E-state index contributed by atoms with van der Waals surface area (Å²) >= 11 is 1.38. The molecule has 196 valence electrons. The Bertz CT molecular complexity index is 1580. The number of carbonyl (C=O) groups is 2. The maximum absolute atomic E-state index is 15.1. The van der Waals surface area contributed by atoms with Crippen molar-refractivity contribution in [2.24, 2.45) is 0 Å². The number of morpholine rings is 1. The van der Waals surface area contributed by atoms with E-state index >= 15 is 4.39 Å². The molecule has 1 unspecified atom stereocenters. The number of thioether (sulfide) groups is 1. The molecule has 3 aliphatic heterocycles.